The summed E-state index contributed by atoms with van der Waals surface area (Å²) in [6.07, 6.45) is 0.577. The smallest absolute Gasteiger partial charge is 0.351 e. The Morgan fingerprint density at radius 3 is 2.00 bits per heavy atom. The molecule has 1 aromatic heterocycles. The highest BCUT2D eigenvalue weighted by atomic mass is 16.4. The molecule has 0 unspecified atom stereocenters. The number of hydrogen-bond acceptors (Lipinski definition) is 2. The van der Waals surface area contributed by atoms with E-state index in [-0.39, 0.29) is 11.6 Å². The number of rotatable bonds is 5. The molecule has 1 amide bonds. The zero-order chi connectivity index (χ0) is 21.1. The maximum Gasteiger partial charge on any atom is 0.351 e. The van der Waals surface area contributed by atoms with Crippen LogP contribution in [0.3, 0.4) is 0 Å². The summed E-state index contributed by atoms with van der Waals surface area (Å²) < 4.78 is 1.60. The molecule has 0 aliphatic rings. The summed E-state index contributed by atoms with van der Waals surface area (Å²) in [4.78, 5) is 26.6. The molecule has 146 valence electrons. The van der Waals surface area contributed by atoms with E-state index in [0.717, 1.165) is 16.8 Å². The van der Waals surface area contributed by atoms with E-state index in [2.05, 4.69) is 10.2 Å². The van der Waals surface area contributed by atoms with Crippen molar-refractivity contribution in [3.05, 3.63) is 71.3 Å². The second-order valence-electron chi connectivity index (χ2n) is 6.68. The zero-order valence-corrected chi connectivity index (χ0v) is 16.5. The van der Waals surface area contributed by atoms with Crippen LogP contribution >= 0.6 is 0 Å². The minimum Gasteiger partial charge on any atom is -0.477 e. The first-order chi connectivity index (χ1) is 13.9. The predicted molar refractivity (Wildman–Crippen MR) is 113 cm³/mol. The van der Waals surface area contributed by atoms with Crippen molar-refractivity contribution in [3.8, 4) is 22.3 Å². The van der Waals surface area contributed by atoms with Crippen LogP contribution in [0.5, 0.6) is 0 Å². The lowest BCUT2D eigenvalue weighted by Gasteiger charge is -2.08. The maximum atomic E-state index is 11.9. The third-order valence-corrected chi connectivity index (χ3v) is 4.85. The second kappa shape index (κ2) is 8.03. The Labute approximate surface area is 169 Å². The Kier molecular flexibility index (Phi) is 5.51. The van der Waals surface area contributed by atoms with Crippen molar-refractivity contribution in [2.24, 2.45) is 7.05 Å². The van der Waals surface area contributed by atoms with Crippen molar-refractivity contribution in [3.63, 3.8) is 0 Å². The van der Waals surface area contributed by atoms with Crippen molar-refractivity contribution >= 4 is 23.3 Å². The van der Waals surface area contributed by atoms with Crippen LogP contribution in [0.15, 0.2) is 48.5 Å². The van der Waals surface area contributed by atoms with Crippen molar-refractivity contribution in [2.45, 2.75) is 20.3 Å². The monoisotopic (exact) mass is 387 g/mol. The Balaban J connectivity index is 2.02. The topological polar surface area (TPSA) is 75.7 Å². The van der Waals surface area contributed by atoms with Gasteiger partial charge in [0.25, 0.3) is 0 Å². The first-order valence-electron chi connectivity index (χ1n) is 9.18. The average molecular weight is 387 g/mol. The highest BCUT2D eigenvalue weighted by molar-refractivity contribution is 6.01. The molecule has 0 aliphatic carbocycles. The molecule has 0 saturated carbocycles. The molecule has 3 aromatic rings. The van der Waals surface area contributed by atoms with Crippen LogP contribution in [0, 0.1) is 6.57 Å². The Hall–Kier alpha value is -3.85. The lowest BCUT2D eigenvalue weighted by Crippen LogP contribution is -2.07. The van der Waals surface area contributed by atoms with Crippen LogP contribution in [-0.4, -0.2) is 21.6 Å². The molecule has 29 heavy (non-hydrogen) atoms. The van der Waals surface area contributed by atoms with Gasteiger partial charge in [-0.15, -0.1) is 0 Å². The molecule has 0 aliphatic heterocycles. The molecule has 0 fully saturated rings. The van der Waals surface area contributed by atoms with Gasteiger partial charge in [-0.2, -0.15) is 0 Å². The Morgan fingerprint density at radius 2 is 1.55 bits per heavy atom. The third kappa shape index (κ3) is 3.76. The first kappa shape index (κ1) is 19.9. The van der Waals surface area contributed by atoms with Gasteiger partial charge >= 0.3 is 5.97 Å². The van der Waals surface area contributed by atoms with Gasteiger partial charge in [-0.05, 0) is 35.2 Å². The van der Waals surface area contributed by atoms with E-state index in [1.165, 1.54) is 6.92 Å². The van der Waals surface area contributed by atoms with Crippen LogP contribution in [0.25, 0.3) is 27.1 Å². The predicted octanol–water partition coefficient (Wildman–Crippen LogP) is 5.13. The molecule has 0 radical (unpaired) electrons. The molecule has 0 spiro atoms. The molecule has 6 heteroatoms. The van der Waals surface area contributed by atoms with Gasteiger partial charge in [0.2, 0.25) is 11.6 Å². The molecule has 1 heterocycles. The van der Waals surface area contributed by atoms with Gasteiger partial charge in [0.1, 0.15) is 5.69 Å². The molecular formula is C23H21N3O3. The molecule has 0 atom stereocenters. The summed E-state index contributed by atoms with van der Waals surface area (Å²) in [5, 5.41) is 12.4. The Morgan fingerprint density at radius 1 is 1.03 bits per heavy atom. The fraction of sp³-hybridized carbons (Fsp3) is 0.174. The number of aromatic carboxylic acids is 1. The maximum absolute atomic E-state index is 11.9. The van der Waals surface area contributed by atoms with Crippen molar-refractivity contribution in [1.29, 1.82) is 0 Å². The van der Waals surface area contributed by atoms with Gasteiger partial charge in [0.05, 0.1) is 6.57 Å². The number of nitrogens with one attached hydrogen (secondary N) is 1. The number of amides is 1. The van der Waals surface area contributed by atoms with E-state index >= 15 is 0 Å². The van der Waals surface area contributed by atoms with Gasteiger partial charge in [0.15, 0.2) is 0 Å². The summed E-state index contributed by atoms with van der Waals surface area (Å²) in [5.74, 6) is -1.18. The number of carbonyl (C=O) groups is 2. The van der Waals surface area contributed by atoms with Gasteiger partial charge in [-0.1, -0.05) is 43.3 Å². The summed E-state index contributed by atoms with van der Waals surface area (Å²) in [7, 11) is 1.69. The number of carboxylic acid groups (broad SMARTS) is 1. The summed E-state index contributed by atoms with van der Waals surface area (Å²) in [6, 6.07) is 15.0. The van der Waals surface area contributed by atoms with E-state index in [1.54, 1.807) is 11.6 Å². The van der Waals surface area contributed by atoms with Gasteiger partial charge in [0, 0.05) is 30.9 Å². The van der Waals surface area contributed by atoms with E-state index in [1.807, 2.05) is 55.5 Å². The van der Waals surface area contributed by atoms with Crippen molar-refractivity contribution < 1.29 is 14.7 Å². The number of carboxylic acids is 1. The first-order valence-corrected chi connectivity index (χ1v) is 9.18. The molecule has 0 saturated heterocycles. The lowest BCUT2D eigenvalue weighted by atomic mass is 9.99. The highest BCUT2D eigenvalue weighted by Crippen LogP contribution is 2.40. The number of carbonyl (C=O) groups excluding carboxylic acids is 1. The minimum atomic E-state index is -1.05. The van der Waals surface area contributed by atoms with Gasteiger partial charge < -0.3 is 15.0 Å². The number of benzene rings is 2. The normalized spacial score (nSPS) is 10.4. The fourth-order valence-corrected chi connectivity index (χ4v) is 3.55. The van der Waals surface area contributed by atoms with Crippen LogP contribution in [0.2, 0.25) is 0 Å². The SMILES string of the molecule is [C-]#[N+]c1c(-c2ccc(-c3ccc(NC(C)=O)cc3)cc2)c(C(=O)O)n(C)c1CC. The van der Waals surface area contributed by atoms with Gasteiger partial charge in [-0.25, -0.2) is 9.64 Å². The highest BCUT2D eigenvalue weighted by Gasteiger charge is 2.25. The number of nitrogens with zero attached hydrogens (tertiary/aromatic N) is 2. The third-order valence-electron chi connectivity index (χ3n) is 4.85. The minimum absolute atomic E-state index is 0.124. The lowest BCUT2D eigenvalue weighted by molar-refractivity contribution is -0.114. The molecule has 0 bridgehead atoms. The van der Waals surface area contributed by atoms with Gasteiger partial charge in [-0.3, -0.25) is 4.79 Å². The molecular weight excluding hydrogens is 366 g/mol. The second-order valence-corrected chi connectivity index (χ2v) is 6.68. The zero-order valence-electron chi connectivity index (χ0n) is 16.5. The van der Waals surface area contributed by atoms with E-state index < -0.39 is 5.97 Å². The standard InChI is InChI=1S/C23H21N3O3/c1-5-19-21(24-3)20(22(23(28)29)26(19)4)17-8-6-15(7-9-17)16-10-12-18(13-11-16)25-14(2)27/h6-13H,5H2,1-2,4H3,(H,25,27)(H,28,29). The van der Waals surface area contributed by atoms with Crippen molar-refractivity contribution in [2.75, 3.05) is 5.32 Å². The largest absolute Gasteiger partial charge is 0.477 e. The van der Waals surface area contributed by atoms with E-state index in [4.69, 9.17) is 6.57 Å². The number of anilines is 1. The summed E-state index contributed by atoms with van der Waals surface area (Å²) in [6.45, 7) is 10.9. The molecule has 2 aromatic carbocycles. The fourth-order valence-electron chi connectivity index (χ4n) is 3.55. The summed E-state index contributed by atoms with van der Waals surface area (Å²) >= 11 is 0. The van der Waals surface area contributed by atoms with E-state index in [0.29, 0.717) is 28.9 Å². The van der Waals surface area contributed by atoms with Crippen LogP contribution < -0.4 is 5.32 Å². The quantitative estimate of drug-likeness (QED) is 0.596. The van der Waals surface area contributed by atoms with Crippen LogP contribution in [0.1, 0.15) is 30.0 Å². The Bertz CT molecular complexity index is 1120. The molecule has 3 rings (SSSR count). The molecule has 6 nitrogen and oxygen atoms in total. The number of hydrogen-bond donors (Lipinski definition) is 2. The summed E-state index contributed by atoms with van der Waals surface area (Å²) in [5.41, 5.74) is 5.03. The van der Waals surface area contributed by atoms with Crippen molar-refractivity contribution in [1.82, 2.24) is 4.57 Å². The van der Waals surface area contributed by atoms with Crippen LogP contribution in [0.4, 0.5) is 11.4 Å². The molecule has 2 N–H and O–H groups in total. The van der Waals surface area contributed by atoms with E-state index in [9.17, 15) is 14.7 Å². The average Bonchev–Trinajstić information content (AvgIpc) is 2.99. The van der Waals surface area contributed by atoms with Crippen LogP contribution in [-0.2, 0) is 18.3 Å². The number of aromatic nitrogens is 1.